The Morgan fingerprint density at radius 2 is 1.94 bits per heavy atom. The molecule has 0 N–H and O–H groups in total. The molecule has 17 heavy (non-hydrogen) atoms. The van der Waals surface area contributed by atoms with Crippen LogP contribution in [0.3, 0.4) is 0 Å². The second-order valence-electron chi connectivity index (χ2n) is 4.95. The highest BCUT2D eigenvalue weighted by atomic mass is 14.8. The summed E-state index contributed by atoms with van der Waals surface area (Å²) in [6, 6.07) is 10.5. The quantitative estimate of drug-likeness (QED) is 0.721. The number of pyridine rings is 1. The van der Waals surface area contributed by atoms with Gasteiger partial charge in [-0.1, -0.05) is 32.0 Å². The number of hydrogen-bond acceptors (Lipinski definition) is 2. The maximum atomic E-state index is 4.49. The van der Waals surface area contributed by atoms with Gasteiger partial charge in [-0.25, -0.2) is 0 Å². The van der Waals surface area contributed by atoms with Crippen molar-refractivity contribution in [2.45, 2.75) is 19.3 Å². The maximum absolute atomic E-state index is 4.49. The second-order valence-corrected chi connectivity index (χ2v) is 4.95. The van der Waals surface area contributed by atoms with Crippen molar-refractivity contribution in [3.8, 4) is 11.1 Å². The minimum absolute atomic E-state index is 0.0583. The lowest BCUT2D eigenvalue weighted by Gasteiger charge is -2.15. The Morgan fingerprint density at radius 1 is 1.06 bits per heavy atom. The van der Waals surface area contributed by atoms with Crippen molar-refractivity contribution in [2.24, 2.45) is 4.99 Å². The molecule has 0 radical (unpaired) electrons. The van der Waals surface area contributed by atoms with Gasteiger partial charge in [0, 0.05) is 29.6 Å². The Kier molecular flexibility index (Phi) is 2.11. The molecular weight excluding hydrogens is 208 g/mol. The summed E-state index contributed by atoms with van der Waals surface area (Å²) in [4.78, 5) is 8.64. The third kappa shape index (κ3) is 1.66. The fourth-order valence-electron chi connectivity index (χ4n) is 2.20. The van der Waals surface area contributed by atoms with Crippen LogP contribution in [0.2, 0.25) is 0 Å². The molecule has 0 saturated carbocycles. The highest BCUT2D eigenvalue weighted by Crippen LogP contribution is 2.38. The summed E-state index contributed by atoms with van der Waals surface area (Å²) >= 11 is 0. The highest BCUT2D eigenvalue weighted by molar-refractivity contribution is 5.86. The van der Waals surface area contributed by atoms with Gasteiger partial charge in [0.25, 0.3) is 0 Å². The first-order valence-electron chi connectivity index (χ1n) is 5.77. The monoisotopic (exact) mass is 222 g/mol. The molecule has 1 aromatic carbocycles. The van der Waals surface area contributed by atoms with Gasteiger partial charge in [0.05, 0.1) is 5.69 Å². The molecule has 2 nitrogen and oxygen atoms in total. The first kappa shape index (κ1) is 10.2. The summed E-state index contributed by atoms with van der Waals surface area (Å²) in [5.74, 6) is 0. The molecule has 0 spiro atoms. The molecule has 2 aromatic rings. The molecule has 1 aliphatic heterocycles. The third-order valence-electron chi connectivity index (χ3n) is 3.21. The fourth-order valence-corrected chi connectivity index (χ4v) is 2.20. The van der Waals surface area contributed by atoms with Crippen LogP contribution in [-0.2, 0) is 5.41 Å². The lowest BCUT2D eigenvalue weighted by Crippen LogP contribution is -2.14. The van der Waals surface area contributed by atoms with E-state index in [0.29, 0.717) is 0 Å². The fraction of sp³-hybridized carbons (Fsp3) is 0.200. The van der Waals surface area contributed by atoms with Crippen molar-refractivity contribution in [1.82, 2.24) is 4.98 Å². The van der Waals surface area contributed by atoms with Crippen LogP contribution in [0.5, 0.6) is 0 Å². The average Bonchev–Trinajstić information content (AvgIpc) is 2.66. The molecule has 0 unspecified atom stereocenters. The average molecular weight is 222 g/mol. The smallest absolute Gasteiger partial charge is 0.0673 e. The summed E-state index contributed by atoms with van der Waals surface area (Å²) in [5.41, 5.74) is 4.74. The summed E-state index contributed by atoms with van der Waals surface area (Å²) in [5, 5.41) is 0. The molecule has 2 heteroatoms. The summed E-state index contributed by atoms with van der Waals surface area (Å²) < 4.78 is 0. The van der Waals surface area contributed by atoms with Crippen LogP contribution in [-0.4, -0.2) is 11.2 Å². The van der Waals surface area contributed by atoms with Gasteiger partial charge in [0.1, 0.15) is 0 Å². The van der Waals surface area contributed by atoms with E-state index in [4.69, 9.17) is 0 Å². The molecule has 0 amide bonds. The SMILES string of the molecule is CC1(C)C=Nc2cc(-c3cccnc3)ccc21. The first-order valence-corrected chi connectivity index (χ1v) is 5.77. The molecule has 1 aliphatic rings. The molecule has 84 valence electrons. The normalized spacial score (nSPS) is 15.9. The molecule has 0 aliphatic carbocycles. The minimum Gasteiger partial charge on any atom is -0.264 e. The molecular formula is C15H14N2. The number of rotatable bonds is 1. The molecule has 1 aromatic heterocycles. The number of fused-ring (bicyclic) bond motifs is 1. The Balaban J connectivity index is 2.10. The Morgan fingerprint density at radius 3 is 2.71 bits per heavy atom. The van der Waals surface area contributed by atoms with E-state index >= 15 is 0 Å². The van der Waals surface area contributed by atoms with Crippen LogP contribution in [0.4, 0.5) is 5.69 Å². The van der Waals surface area contributed by atoms with E-state index in [-0.39, 0.29) is 5.41 Å². The zero-order valence-corrected chi connectivity index (χ0v) is 10.0. The van der Waals surface area contributed by atoms with E-state index in [1.807, 2.05) is 18.5 Å². The maximum Gasteiger partial charge on any atom is 0.0673 e. The van der Waals surface area contributed by atoms with E-state index in [1.54, 1.807) is 6.20 Å². The molecule has 0 saturated heterocycles. The van der Waals surface area contributed by atoms with E-state index in [0.717, 1.165) is 11.3 Å². The summed E-state index contributed by atoms with van der Waals surface area (Å²) in [6.07, 6.45) is 5.69. The predicted molar refractivity (Wildman–Crippen MR) is 70.9 cm³/mol. The van der Waals surface area contributed by atoms with Gasteiger partial charge in [0.2, 0.25) is 0 Å². The summed E-state index contributed by atoms with van der Waals surface area (Å²) in [6.45, 7) is 4.37. The van der Waals surface area contributed by atoms with Crippen LogP contribution in [0.25, 0.3) is 11.1 Å². The van der Waals surface area contributed by atoms with Crippen molar-refractivity contribution in [1.29, 1.82) is 0 Å². The lowest BCUT2D eigenvalue weighted by atomic mass is 9.86. The highest BCUT2D eigenvalue weighted by Gasteiger charge is 2.26. The van der Waals surface area contributed by atoms with E-state index < -0.39 is 0 Å². The van der Waals surface area contributed by atoms with Gasteiger partial charge >= 0.3 is 0 Å². The van der Waals surface area contributed by atoms with Crippen molar-refractivity contribution < 1.29 is 0 Å². The molecule has 3 rings (SSSR count). The Labute approximate surface area is 101 Å². The molecule has 0 atom stereocenters. The van der Waals surface area contributed by atoms with Crippen molar-refractivity contribution in [3.05, 3.63) is 48.3 Å². The first-order chi connectivity index (χ1) is 8.17. The minimum atomic E-state index is 0.0583. The number of aromatic nitrogens is 1. The molecule has 0 bridgehead atoms. The van der Waals surface area contributed by atoms with Crippen LogP contribution in [0.15, 0.2) is 47.7 Å². The van der Waals surface area contributed by atoms with Gasteiger partial charge in [-0.3, -0.25) is 9.98 Å². The van der Waals surface area contributed by atoms with Gasteiger partial charge in [-0.2, -0.15) is 0 Å². The molecule has 0 fully saturated rings. The van der Waals surface area contributed by atoms with Crippen molar-refractivity contribution in [3.63, 3.8) is 0 Å². The Bertz CT molecular complexity index is 583. The second kappa shape index (κ2) is 3.52. The van der Waals surface area contributed by atoms with Gasteiger partial charge in [0.15, 0.2) is 0 Å². The zero-order valence-electron chi connectivity index (χ0n) is 10.0. The number of hydrogen-bond donors (Lipinski definition) is 0. The van der Waals surface area contributed by atoms with Crippen LogP contribution in [0.1, 0.15) is 19.4 Å². The van der Waals surface area contributed by atoms with E-state index in [9.17, 15) is 0 Å². The van der Waals surface area contributed by atoms with Crippen molar-refractivity contribution in [2.75, 3.05) is 0 Å². The van der Waals surface area contributed by atoms with E-state index in [2.05, 4.69) is 48.1 Å². The predicted octanol–water partition coefficient (Wildman–Crippen LogP) is 3.74. The topological polar surface area (TPSA) is 25.2 Å². The summed E-state index contributed by atoms with van der Waals surface area (Å²) in [7, 11) is 0. The third-order valence-corrected chi connectivity index (χ3v) is 3.21. The number of nitrogens with zero attached hydrogens (tertiary/aromatic N) is 2. The van der Waals surface area contributed by atoms with Gasteiger partial charge < -0.3 is 0 Å². The number of aliphatic imine (C=N–C) groups is 1. The number of benzene rings is 1. The molecule has 2 heterocycles. The zero-order chi connectivity index (χ0) is 11.9. The lowest BCUT2D eigenvalue weighted by molar-refractivity contribution is 0.753. The van der Waals surface area contributed by atoms with Gasteiger partial charge in [-0.05, 0) is 23.3 Å². The van der Waals surface area contributed by atoms with Crippen LogP contribution < -0.4 is 0 Å². The largest absolute Gasteiger partial charge is 0.264 e. The van der Waals surface area contributed by atoms with Crippen LogP contribution in [0, 0.1) is 0 Å². The van der Waals surface area contributed by atoms with Crippen LogP contribution >= 0.6 is 0 Å². The van der Waals surface area contributed by atoms with Crippen molar-refractivity contribution >= 4 is 11.9 Å². The standard InChI is InChI=1S/C15H14N2/c1-15(2)10-17-14-8-11(5-6-13(14)15)12-4-3-7-16-9-12/h3-10H,1-2H3. The van der Waals surface area contributed by atoms with Gasteiger partial charge in [-0.15, -0.1) is 0 Å². The Hall–Kier alpha value is -1.96. The van der Waals surface area contributed by atoms with E-state index in [1.165, 1.54) is 11.1 Å².